The summed E-state index contributed by atoms with van der Waals surface area (Å²) in [5.41, 5.74) is 6.93. The van der Waals surface area contributed by atoms with Crippen LogP contribution in [-0.4, -0.2) is 15.9 Å². The summed E-state index contributed by atoms with van der Waals surface area (Å²) in [5.74, 6) is 0. The Bertz CT molecular complexity index is 524. The fraction of sp³-hybridized carbons (Fsp3) is 0.0833. The van der Waals surface area contributed by atoms with Crippen LogP contribution >= 0.6 is 36.0 Å². The van der Waals surface area contributed by atoms with E-state index in [1.165, 1.54) is 0 Å². The lowest BCUT2D eigenvalue weighted by Crippen LogP contribution is -2.32. The van der Waals surface area contributed by atoms with Crippen LogP contribution in [0.25, 0.3) is 6.08 Å². The van der Waals surface area contributed by atoms with Crippen molar-refractivity contribution in [3.05, 3.63) is 40.9 Å². The SMILES string of the molecule is CC(/C=C/c1ccccc1Cl)=NC(=S)NC(N)=S. The normalized spacial score (nSPS) is 11.6. The Kier molecular flexibility index (Phi) is 5.91. The third kappa shape index (κ3) is 5.35. The molecule has 1 rings (SSSR count). The summed E-state index contributed by atoms with van der Waals surface area (Å²) in [6.45, 7) is 1.82. The summed E-state index contributed by atoms with van der Waals surface area (Å²) >= 11 is 15.6. The minimum Gasteiger partial charge on any atom is -0.376 e. The van der Waals surface area contributed by atoms with Gasteiger partial charge in [-0.3, -0.25) is 0 Å². The van der Waals surface area contributed by atoms with E-state index in [1.807, 2.05) is 43.3 Å². The van der Waals surface area contributed by atoms with Crippen LogP contribution in [0.4, 0.5) is 0 Å². The molecule has 0 bridgehead atoms. The molecule has 0 saturated carbocycles. The number of nitrogens with two attached hydrogens (primary N) is 1. The Morgan fingerprint density at radius 1 is 1.39 bits per heavy atom. The molecular weight excluding hydrogens is 286 g/mol. The minimum atomic E-state index is 0.103. The first kappa shape index (κ1) is 14.8. The highest BCUT2D eigenvalue weighted by Crippen LogP contribution is 2.16. The number of nitrogens with zero attached hydrogens (tertiary/aromatic N) is 1. The van der Waals surface area contributed by atoms with Crippen molar-refractivity contribution in [3.8, 4) is 0 Å². The summed E-state index contributed by atoms with van der Waals surface area (Å²) in [6.07, 6.45) is 3.68. The van der Waals surface area contributed by atoms with Gasteiger partial charge in [-0.1, -0.05) is 35.9 Å². The van der Waals surface area contributed by atoms with Crippen molar-refractivity contribution in [2.24, 2.45) is 10.7 Å². The van der Waals surface area contributed by atoms with Crippen LogP contribution in [-0.2, 0) is 0 Å². The summed E-state index contributed by atoms with van der Waals surface area (Å²) in [5, 5.41) is 3.60. The zero-order valence-electron chi connectivity index (χ0n) is 9.68. The lowest BCUT2D eigenvalue weighted by Gasteiger charge is -2.00. The highest BCUT2D eigenvalue weighted by molar-refractivity contribution is 7.81. The second kappa shape index (κ2) is 7.20. The number of aliphatic imine (C=N–C) groups is 1. The van der Waals surface area contributed by atoms with Gasteiger partial charge in [0.25, 0.3) is 0 Å². The van der Waals surface area contributed by atoms with E-state index in [1.54, 1.807) is 0 Å². The smallest absolute Gasteiger partial charge is 0.199 e. The predicted molar refractivity (Wildman–Crippen MR) is 86.1 cm³/mol. The molecular formula is C12H12ClN3S2. The molecule has 6 heteroatoms. The first-order chi connectivity index (χ1) is 8.49. The molecule has 0 radical (unpaired) electrons. The van der Waals surface area contributed by atoms with Crippen molar-refractivity contribution in [1.82, 2.24) is 5.32 Å². The van der Waals surface area contributed by atoms with Gasteiger partial charge in [-0.25, -0.2) is 4.99 Å². The maximum atomic E-state index is 6.02. The third-order valence-electron chi connectivity index (χ3n) is 1.92. The van der Waals surface area contributed by atoms with Crippen molar-refractivity contribution in [1.29, 1.82) is 0 Å². The van der Waals surface area contributed by atoms with E-state index >= 15 is 0 Å². The molecule has 0 spiro atoms. The van der Waals surface area contributed by atoms with Crippen molar-refractivity contribution in [3.63, 3.8) is 0 Å². The van der Waals surface area contributed by atoms with Gasteiger partial charge in [0.15, 0.2) is 10.2 Å². The van der Waals surface area contributed by atoms with Gasteiger partial charge in [0.1, 0.15) is 0 Å². The first-order valence-electron chi connectivity index (χ1n) is 5.07. The molecule has 1 aromatic rings. The van der Waals surface area contributed by atoms with E-state index in [0.29, 0.717) is 5.02 Å². The zero-order chi connectivity index (χ0) is 13.5. The molecule has 94 valence electrons. The van der Waals surface area contributed by atoms with Crippen LogP contribution < -0.4 is 11.1 Å². The van der Waals surface area contributed by atoms with Crippen LogP contribution in [0.3, 0.4) is 0 Å². The number of benzene rings is 1. The van der Waals surface area contributed by atoms with Gasteiger partial charge in [0, 0.05) is 10.7 Å². The minimum absolute atomic E-state index is 0.103. The standard InChI is InChI=1S/C12H12ClN3S2/c1-8(15-12(18)16-11(14)17)6-7-9-4-2-3-5-10(9)13/h2-7H,1H3,(H3,14,16,17,18)/b7-6+,15-8?. The van der Waals surface area contributed by atoms with Gasteiger partial charge < -0.3 is 11.1 Å². The second-order valence-corrected chi connectivity index (χ2v) is 4.64. The predicted octanol–water partition coefficient (Wildman–Crippen LogP) is 2.93. The number of nitrogens with one attached hydrogen (secondary N) is 1. The highest BCUT2D eigenvalue weighted by Gasteiger charge is 1.96. The molecule has 3 N–H and O–H groups in total. The molecule has 0 aliphatic rings. The van der Waals surface area contributed by atoms with Gasteiger partial charge in [-0.15, -0.1) is 0 Å². The first-order valence-corrected chi connectivity index (χ1v) is 6.27. The Hall–Kier alpha value is -1.30. The van der Waals surface area contributed by atoms with Crippen LogP contribution in [0.2, 0.25) is 5.02 Å². The van der Waals surface area contributed by atoms with Crippen molar-refractivity contribution >= 4 is 58.0 Å². The van der Waals surface area contributed by atoms with E-state index < -0.39 is 0 Å². The van der Waals surface area contributed by atoms with Crippen LogP contribution in [0.5, 0.6) is 0 Å². The largest absolute Gasteiger partial charge is 0.376 e. The van der Waals surface area contributed by atoms with E-state index in [-0.39, 0.29) is 10.2 Å². The number of hydrogen-bond acceptors (Lipinski definition) is 2. The quantitative estimate of drug-likeness (QED) is 0.651. The summed E-state index contributed by atoms with van der Waals surface area (Å²) < 4.78 is 0. The summed E-state index contributed by atoms with van der Waals surface area (Å²) in [7, 11) is 0. The molecule has 18 heavy (non-hydrogen) atoms. The van der Waals surface area contributed by atoms with Crippen LogP contribution in [0.15, 0.2) is 35.3 Å². The molecule has 0 heterocycles. The fourth-order valence-electron chi connectivity index (χ4n) is 1.15. The van der Waals surface area contributed by atoms with E-state index in [0.717, 1.165) is 11.3 Å². The maximum absolute atomic E-state index is 6.02. The molecule has 0 atom stereocenters. The summed E-state index contributed by atoms with van der Waals surface area (Å²) in [6, 6.07) is 7.53. The van der Waals surface area contributed by atoms with Gasteiger partial charge >= 0.3 is 0 Å². The average Bonchev–Trinajstić information content (AvgIpc) is 2.26. The maximum Gasteiger partial charge on any atom is 0.199 e. The lowest BCUT2D eigenvalue weighted by atomic mass is 10.2. The molecule has 3 nitrogen and oxygen atoms in total. The van der Waals surface area contributed by atoms with E-state index in [4.69, 9.17) is 29.6 Å². The van der Waals surface area contributed by atoms with Crippen LogP contribution in [0.1, 0.15) is 12.5 Å². The molecule has 0 fully saturated rings. The van der Waals surface area contributed by atoms with E-state index in [9.17, 15) is 0 Å². The summed E-state index contributed by atoms with van der Waals surface area (Å²) in [4.78, 5) is 4.10. The Labute approximate surface area is 122 Å². The van der Waals surface area contributed by atoms with Crippen molar-refractivity contribution in [2.45, 2.75) is 6.92 Å². The Morgan fingerprint density at radius 2 is 2.06 bits per heavy atom. The van der Waals surface area contributed by atoms with Gasteiger partial charge in [0.05, 0.1) is 0 Å². The van der Waals surface area contributed by atoms with Gasteiger partial charge in [-0.2, -0.15) is 0 Å². The Balaban J connectivity index is 2.73. The molecule has 1 aromatic carbocycles. The second-order valence-electron chi connectivity index (χ2n) is 3.40. The topological polar surface area (TPSA) is 50.4 Å². The molecule has 0 unspecified atom stereocenters. The van der Waals surface area contributed by atoms with Crippen molar-refractivity contribution < 1.29 is 0 Å². The fourth-order valence-corrected chi connectivity index (χ4v) is 1.77. The average molecular weight is 298 g/mol. The monoisotopic (exact) mass is 297 g/mol. The molecule has 0 saturated heterocycles. The molecule has 0 aliphatic carbocycles. The van der Waals surface area contributed by atoms with Gasteiger partial charge in [-0.05, 0) is 49.1 Å². The molecule has 0 aromatic heterocycles. The Morgan fingerprint density at radius 3 is 2.67 bits per heavy atom. The van der Waals surface area contributed by atoms with E-state index in [2.05, 4.69) is 22.5 Å². The number of hydrogen-bond donors (Lipinski definition) is 2. The number of allylic oxidation sites excluding steroid dienone is 1. The van der Waals surface area contributed by atoms with Gasteiger partial charge in [0.2, 0.25) is 0 Å². The molecule has 0 aliphatic heterocycles. The third-order valence-corrected chi connectivity index (χ3v) is 2.56. The number of rotatable bonds is 2. The lowest BCUT2D eigenvalue weighted by molar-refractivity contribution is 1.35. The van der Waals surface area contributed by atoms with Crippen molar-refractivity contribution in [2.75, 3.05) is 0 Å². The molecule has 0 amide bonds. The number of halogens is 1. The highest BCUT2D eigenvalue weighted by atomic mass is 35.5. The zero-order valence-corrected chi connectivity index (χ0v) is 12.1. The number of thiocarbonyl (C=S) groups is 2. The van der Waals surface area contributed by atoms with Crippen LogP contribution in [0, 0.1) is 0 Å².